The topological polar surface area (TPSA) is 46.2 Å². The van der Waals surface area contributed by atoms with E-state index in [1.807, 2.05) is 0 Å². The summed E-state index contributed by atoms with van der Waals surface area (Å²) >= 11 is 0. The van der Waals surface area contributed by atoms with Gasteiger partial charge in [-0.05, 0) is 41.8 Å². The smallest absolute Gasteiger partial charge is 0.224 e. The number of carbonyl (C=O) groups is 2. The third-order valence-electron chi connectivity index (χ3n) is 3.63. The van der Waals surface area contributed by atoms with Crippen LogP contribution in [0.25, 0.3) is 0 Å². The second kappa shape index (κ2) is 5.48. The highest BCUT2D eigenvalue weighted by Gasteiger charge is 2.17. The summed E-state index contributed by atoms with van der Waals surface area (Å²) in [5.41, 5.74) is 2.66. The Morgan fingerprint density at radius 2 is 1.95 bits per heavy atom. The Morgan fingerprint density at radius 1 is 1.14 bits per heavy atom. The van der Waals surface area contributed by atoms with E-state index in [1.54, 1.807) is 36.4 Å². The Balaban J connectivity index is 1.83. The van der Waals surface area contributed by atoms with Crippen molar-refractivity contribution in [2.24, 2.45) is 0 Å². The highest BCUT2D eigenvalue weighted by Crippen LogP contribution is 2.24. The SMILES string of the molecule is O=C1CCc2cc(C(=O)Cc3ccccc3F)ccc2N1. The molecule has 0 atom stereocenters. The number of fused-ring (bicyclic) bond motifs is 1. The molecule has 2 aromatic carbocycles. The number of benzene rings is 2. The zero-order chi connectivity index (χ0) is 14.8. The predicted molar refractivity (Wildman–Crippen MR) is 77.8 cm³/mol. The quantitative estimate of drug-likeness (QED) is 0.880. The molecule has 0 saturated carbocycles. The van der Waals surface area contributed by atoms with Crippen molar-refractivity contribution in [3.63, 3.8) is 0 Å². The Hall–Kier alpha value is -2.49. The van der Waals surface area contributed by atoms with E-state index < -0.39 is 0 Å². The monoisotopic (exact) mass is 283 g/mol. The van der Waals surface area contributed by atoms with Gasteiger partial charge in [0.25, 0.3) is 0 Å². The van der Waals surface area contributed by atoms with E-state index in [2.05, 4.69) is 5.32 Å². The molecule has 0 unspecified atom stereocenters. The second-order valence-corrected chi connectivity index (χ2v) is 5.11. The van der Waals surface area contributed by atoms with Gasteiger partial charge in [0, 0.05) is 24.1 Å². The summed E-state index contributed by atoms with van der Waals surface area (Å²) in [5, 5.41) is 2.77. The number of aryl methyl sites for hydroxylation is 1. The van der Waals surface area contributed by atoms with Crippen LogP contribution in [0, 0.1) is 5.82 Å². The maximum Gasteiger partial charge on any atom is 0.224 e. The lowest BCUT2D eigenvalue weighted by Crippen LogP contribution is -2.19. The van der Waals surface area contributed by atoms with Gasteiger partial charge in [0.1, 0.15) is 5.82 Å². The molecule has 1 aliphatic rings. The molecule has 3 nitrogen and oxygen atoms in total. The van der Waals surface area contributed by atoms with Crippen molar-refractivity contribution in [1.82, 2.24) is 0 Å². The third kappa shape index (κ3) is 2.84. The van der Waals surface area contributed by atoms with Crippen LogP contribution in [0.1, 0.15) is 27.9 Å². The maximum atomic E-state index is 13.6. The van der Waals surface area contributed by atoms with Gasteiger partial charge in [-0.1, -0.05) is 18.2 Å². The van der Waals surface area contributed by atoms with Gasteiger partial charge in [-0.2, -0.15) is 0 Å². The highest BCUT2D eigenvalue weighted by atomic mass is 19.1. The van der Waals surface area contributed by atoms with E-state index in [9.17, 15) is 14.0 Å². The van der Waals surface area contributed by atoms with Gasteiger partial charge in [-0.25, -0.2) is 4.39 Å². The fraction of sp³-hybridized carbons (Fsp3) is 0.176. The number of ketones is 1. The van der Waals surface area contributed by atoms with Gasteiger partial charge in [0.15, 0.2) is 5.78 Å². The Morgan fingerprint density at radius 3 is 2.76 bits per heavy atom. The molecule has 21 heavy (non-hydrogen) atoms. The van der Waals surface area contributed by atoms with E-state index in [0.717, 1.165) is 11.3 Å². The average Bonchev–Trinajstić information content (AvgIpc) is 2.49. The van der Waals surface area contributed by atoms with Gasteiger partial charge < -0.3 is 5.32 Å². The van der Waals surface area contributed by atoms with E-state index >= 15 is 0 Å². The number of hydrogen-bond acceptors (Lipinski definition) is 2. The zero-order valence-electron chi connectivity index (χ0n) is 11.4. The van der Waals surface area contributed by atoms with Crippen LogP contribution in [0.15, 0.2) is 42.5 Å². The second-order valence-electron chi connectivity index (χ2n) is 5.11. The molecule has 1 amide bonds. The van der Waals surface area contributed by atoms with Crippen molar-refractivity contribution in [2.75, 3.05) is 5.32 Å². The first kappa shape index (κ1) is 13.5. The summed E-state index contributed by atoms with van der Waals surface area (Å²) in [4.78, 5) is 23.6. The third-order valence-corrected chi connectivity index (χ3v) is 3.63. The van der Waals surface area contributed by atoms with Crippen molar-refractivity contribution in [2.45, 2.75) is 19.3 Å². The molecule has 106 valence electrons. The molecule has 0 aromatic heterocycles. The molecule has 0 radical (unpaired) electrons. The van der Waals surface area contributed by atoms with Gasteiger partial charge in [-0.3, -0.25) is 9.59 Å². The summed E-state index contributed by atoms with van der Waals surface area (Å²) in [5.74, 6) is -0.496. The number of anilines is 1. The lowest BCUT2D eigenvalue weighted by molar-refractivity contribution is -0.116. The first-order chi connectivity index (χ1) is 10.1. The van der Waals surface area contributed by atoms with Crippen molar-refractivity contribution in [3.05, 3.63) is 65.0 Å². The predicted octanol–water partition coefficient (Wildman–Crippen LogP) is 3.14. The van der Waals surface area contributed by atoms with Gasteiger partial charge in [0.2, 0.25) is 5.91 Å². The summed E-state index contributed by atoms with van der Waals surface area (Å²) in [6, 6.07) is 11.5. The standard InChI is InChI=1S/C17H14FNO2/c18-14-4-2-1-3-11(14)10-16(20)13-5-7-15-12(9-13)6-8-17(21)19-15/h1-5,7,9H,6,8,10H2,(H,19,21). The number of carbonyl (C=O) groups excluding carboxylic acids is 2. The lowest BCUT2D eigenvalue weighted by atomic mass is 9.96. The number of halogens is 1. The Labute approximate surface area is 121 Å². The zero-order valence-corrected chi connectivity index (χ0v) is 11.4. The van der Waals surface area contributed by atoms with Crippen molar-refractivity contribution in [1.29, 1.82) is 0 Å². The van der Waals surface area contributed by atoms with Crippen LogP contribution in [-0.4, -0.2) is 11.7 Å². The molecule has 1 N–H and O–H groups in total. The molecule has 0 spiro atoms. The molecular formula is C17H14FNO2. The molecule has 0 saturated heterocycles. The largest absolute Gasteiger partial charge is 0.326 e. The van der Waals surface area contributed by atoms with Crippen LogP contribution in [0.5, 0.6) is 0 Å². The van der Waals surface area contributed by atoms with E-state index in [1.165, 1.54) is 6.07 Å². The van der Waals surface area contributed by atoms with E-state index in [-0.39, 0.29) is 23.9 Å². The summed E-state index contributed by atoms with van der Waals surface area (Å²) < 4.78 is 13.6. The van der Waals surface area contributed by atoms with Gasteiger partial charge >= 0.3 is 0 Å². The van der Waals surface area contributed by atoms with Crippen LogP contribution in [-0.2, 0) is 17.6 Å². The molecular weight excluding hydrogens is 269 g/mol. The maximum absolute atomic E-state index is 13.6. The molecule has 4 heteroatoms. The fourth-order valence-electron chi connectivity index (χ4n) is 2.47. The molecule has 1 aliphatic heterocycles. The minimum absolute atomic E-state index is 0.00654. The molecule has 2 aromatic rings. The summed E-state index contributed by atoms with van der Waals surface area (Å²) in [7, 11) is 0. The average molecular weight is 283 g/mol. The van der Waals surface area contributed by atoms with E-state index in [4.69, 9.17) is 0 Å². The normalized spacial score (nSPS) is 13.5. The molecule has 0 aliphatic carbocycles. The van der Waals surface area contributed by atoms with Crippen LogP contribution in [0.2, 0.25) is 0 Å². The fourth-order valence-corrected chi connectivity index (χ4v) is 2.47. The molecule has 1 heterocycles. The Bertz CT molecular complexity index is 724. The number of hydrogen-bond donors (Lipinski definition) is 1. The first-order valence-electron chi connectivity index (χ1n) is 6.83. The lowest BCUT2D eigenvalue weighted by Gasteiger charge is -2.17. The minimum Gasteiger partial charge on any atom is -0.326 e. The summed E-state index contributed by atoms with van der Waals surface area (Å²) in [6.07, 6.45) is 1.10. The van der Waals surface area contributed by atoms with Gasteiger partial charge in [0.05, 0.1) is 0 Å². The van der Waals surface area contributed by atoms with Gasteiger partial charge in [-0.15, -0.1) is 0 Å². The van der Waals surface area contributed by atoms with Crippen LogP contribution < -0.4 is 5.32 Å². The molecule has 0 bridgehead atoms. The minimum atomic E-state index is -0.365. The van der Waals surface area contributed by atoms with Crippen LogP contribution >= 0.6 is 0 Å². The van der Waals surface area contributed by atoms with E-state index in [0.29, 0.717) is 24.0 Å². The van der Waals surface area contributed by atoms with Crippen molar-refractivity contribution < 1.29 is 14.0 Å². The number of amides is 1. The number of nitrogens with one attached hydrogen (secondary N) is 1. The van der Waals surface area contributed by atoms with Crippen molar-refractivity contribution in [3.8, 4) is 0 Å². The van der Waals surface area contributed by atoms with Crippen LogP contribution in [0.3, 0.4) is 0 Å². The number of Topliss-reactive ketones (excluding diaryl/α,β-unsaturated/α-hetero) is 1. The molecule has 3 rings (SSSR count). The van der Waals surface area contributed by atoms with Crippen molar-refractivity contribution >= 4 is 17.4 Å². The first-order valence-corrected chi connectivity index (χ1v) is 6.83. The van der Waals surface area contributed by atoms with Crippen LogP contribution in [0.4, 0.5) is 10.1 Å². The molecule has 0 fully saturated rings. The Kier molecular flexibility index (Phi) is 3.52. The summed E-state index contributed by atoms with van der Waals surface area (Å²) in [6.45, 7) is 0. The number of rotatable bonds is 3. The highest BCUT2D eigenvalue weighted by molar-refractivity contribution is 5.99.